The zero-order chi connectivity index (χ0) is 48.8. The lowest BCUT2D eigenvalue weighted by atomic mass is 9.71. The summed E-state index contributed by atoms with van der Waals surface area (Å²) in [6.07, 6.45) is 7.81. The van der Waals surface area contributed by atoms with Crippen LogP contribution in [0.25, 0.3) is 33.1 Å². The van der Waals surface area contributed by atoms with E-state index in [-0.39, 0.29) is 72.6 Å². The van der Waals surface area contributed by atoms with Crippen LogP contribution >= 0.6 is 0 Å². The first kappa shape index (κ1) is 48.7. The van der Waals surface area contributed by atoms with E-state index in [2.05, 4.69) is 76.8 Å². The van der Waals surface area contributed by atoms with Crippen LogP contribution in [0.2, 0.25) is 0 Å². The largest absolute Gasteiger partial charge is 0.480 e. The Hall–Kier alpha value is -7.27. The van der Waals surface area contributed by atoms with Gasteiger partial charge in [0.05, 0.1) is 46.8 Å². The minimum atomic E-state index is -1.22. The van der Waals surface area contributed by atoms with Crippen molar-refractivity contribution >= 4 is 62.7 Å². The molecule has 0 bridgehead atoms. The molecular formula is C48H60N13O7+. The van der Waals surface area contributed by atoms with E-state index in [1.807, 2.05) is 39.0 Å². The number of rotatable bonds is 22. The van der Waals surface area contributed by atoms with Gasteiger partial charge in [-0.2, -0.15) is 4.98 Å². The fourth-order valence-electron chi connectivity index (χ4n) is 8.83. The summed E-state index contributed by atoms with van der Waals surface area (Å²) in [5.74, 6) is -0.221. The number of nitroso groups, excluding NO2 is 1. The van der Waals surface area contributed by atoms with E-state index in [1.165, 1.54) is 12.3 Å². The maximum Gasteiger partial charge on any atom is 0.326 e. The highest BCUT2D eigenvalue weighted by Gasteiger charge is 2.40. The van der Waals surface area contributed by atoms with Gasteiger partial charge in [-0.15, -0.1) is 0 Å². The number of ether oxygens (including phenoxy) is 1. The number of aromatic nitrogens is 7. The number of aromatic amines is 1. The molecule has 4 unspecified atom stereocenters. The number of carbonyl (C=O) groups excluding carboxylic acids is 2. The number of nitrogens with two attached hydrogens (primary N) is 2. The summed E-state index contributed by atoms with van der Waals surface area (Å²) >= 11 is 0. The maximum atomic E-state index is 13.2. The minimum absolute atomic E-state index is 0.0275. The molecule has 20 nitrogen and oxygen atoms in total. The third-order valence-corrected chi connectivity index (χ3v) is 12.8. The quantitative estimate of drug-likeness (QED) is 0.0379. The van der Waals surface area contributed by atoms with Crippen LogP contribution in [-0.4, -0.2) is 101 Å². The number of nitrogens with one attached hydrogen (secondary N) is 4. The average molecular weight is 931 g/mol. The Bertz CT molecular complexity index is 2960. The number of benzene rings is 1. The first-order valence-electron chi connectivity index (χ1n) is 23.0. The highest BCUT2D eigenvalue weighted by atomic mass is 16.5. The second-order valence-corrected chi connectivity index (χ2v) is 18.8. The predicted molar refractivity (Wildman–Crippen MR) is 256 cm³/mol. The van der Waals surface area contributed by atoms with E-state index in [1.54, 1.807) is 6.08 Å². The Kier molecular flexibility index (Phi) is 14.8. The topological polar surface area (TPSA) is 291 Å². The minimum Gasteiger partial charge on any atom is -0.480 e. The number of anilines is 2. The maximum absolute atomic E-state index is 13.2. The zero-order valence-corrected chi connectivity index (χ0v) is 39.1. The molecule has 0 spiro atoms. The van der Waals surface area contributed by atoms with E-state index in [9.17, 15) is 29.2 Å². The van der Waals surface area contributed by atoms with Gasteiger partial charge in [0.2, 0.25) is 11.9 Å². The summed E-state index contributed by atoms with van der Waals surface area (Å²) in [7, 11) is 0. The molecular weight excluding hydrogens is 871 g/mol. The number of hydrogen-bond acceptors (Lipinski definition) is 14. The Morgan fingerprint density at radius 2 is 1.90 bits per heavy atom. The van der Waals surface area contributed by atoms with Gasteiger partial charge in [-0.05, 0) is 60.8 Å². The van der Waals surface area contributed by atoms with Gasteiger partial charge in [0.1, 0.15) is 17.4 Å². The van der Waals surface area contributed by atoms with Crippen LogP contribution in [0.4, 0.5) is 11.8 Å². The van der Waals surface area contributed by atoms with Crippen molar-refractivity contribution in [1.82, 2.24) is 50.4 Å². The molecule has 1 aliphatic heterocycles. The normalized spacial score (nSPS) is 17.6. The van der Waals surface area contributed by atoms with Gasteiger partial charge < -0.3 is 41.8 Å². The molecule has 0 fully saturated rings. The van der Waals surface area contributed by atoms with Gasteiger partial charge in [-0.1, -0.05) is 58.0 Å². The molecule has 5 aromatic rings. The van der Waals surface area contributed by atoms with E-state index < -0.39 is 28.9 Å². The van der Waals surface area contributed by atoms with E-state index in [0.29, 0.717) is 62.1 Å². The van der Waals surface area contributed by atoms with Crippen LogP contribution in [0.5, 0.6) is 0 Å². The summed E-state index contributed by atoms with van der Waals surface area (Å²) in [6.45, 7) is 12.4. The number of pyridine rings is 1. The molecule has 358 valence electrons. The lowest BCUT2D eigenvalue weighted by molar-refractivity contribution is -0.562. The van der Waals surface area contributed by atoms with Crippen molar-refractivity contribution in [3.8, 4) is 0 Å². The Balaban J connectivity index is 0.801. The number of nitrogens with zero attached hydrogens (tertiary/aromatic N) is 7. The number of carbonyl (C=O) groups is 3. The first-order valence-corrected chi connectivity index (χ1v) is 23.0. The molecule has 7 rings (SSSR count). The Morgan fingerprint density at radius 1 is 1.10 bits per heavy atom. The Labute approximate surface area is 392 Å². The highest BCUT2D eigenvalue weighted by Crippen LogP contribution is 2.41. The number of fused-ring (bicyclic) bond motifs is 6. The van der Waals surface area contributed by atoms with Crippen molar-refractivity contribution < 1.29 is 29.0 Å². The molecule has 0 radical (unpaired) electrons. The smallest absolute Gasteiger partial charge is 0.326 e. The lowest BCUT2D eigenvalue weighted by Gasteiger charge is -2.42. The third kappa shape index (κ3) is 11.6. The molecule has 9 N–H and O–H groups in total. The predicted octanol–water partition coefficient (Wildman–Crippen LogP) is 4.13. The van der Waals surface area contributed by atoms with Gasteiger partial charge in [-0.25, -0.2) is 24.7 Å². The molecule has 0 saturated carbocycles. The van der Waals surface area contributed by atoms with Crippen LogP contribution in [0.15, 0.2) is 70.1 Å². The summed E-state index contributed by atoms with van der Waals surface area (Å²) in [4.78, 5) is 87.5. The number of amides is 2. The summed E-state index contributed by atoms with van der Waals surface area (Å²) < 4.78 is 9.27. The molecule has 0 saturated heterocycles. The second kappa shape index (κ2) is 20.7. The number of carboxylic acid groups (broad SMARTS) is 1. The molecule has 2 aliphatic rings. The monoisotopic (exact) mass is 930 g/mol. The van der Waals surface area contributed by atoms with Gasteiger partial charge in [-0.3, -0.25) is 19.4 Å². The number of hydrogen-bond donors (Lipinski definition) is 7. The van der Waals surface area contributed by atoms with E-state index in [4.69, 9.17) is 21.2 Å². The SMILES string of the molecule is CCC1Cc2nc3c(N)nc4ccccc4c3n2CC1(C)CNC(=O)CCC(C)OCCC(C)(C)C[N+](=O)CCCC(NC(=O)C1=C=C=C(NCc2cnc3nc(N)[nH]c(=O)c3n2)C=C1)C(=O)O. The summed E-state index contributed by atoms with van der Waals surface area (Å²) in [6, 6.07) is 6.74. The third-order valence-electron chi connectivity index (χ3n) is 12.8. The van der Waals surface area contributed by atoms with Crippen molar-refractivity contribution in [2.75, 3.05) is 37.7 Å². The zero-order valence-electron chi connectivity index (χ0n) is 39.1. The van der Waals surface area contributed by atoms with Gasteiger partial charge >= 0.3 is 5.97 Å². The van der Waals surface area contributed by atoms with E-state index >= 15 is 0 Å². The van der Waals surface area contributed by atoms with Crippen LogP contribution in [-0.2, 0) is 38.6 Å². The number of nitrogen functional groups attached to an aromatic ring is 2. The van der Waals surface area contributed by atoms with Crippen molar-refractivity contribution in [2.24, 2.45) is 16.7 Å². The molecule has 1 aliphatic carbocycles. The number of H-pyrrole nitrogens is 1. The highest BCUT2D eigenvalue weighted by molar-refractivity contribution is 6.06. The summed E-state index contributed by atoms with van der Waals surface area (Å²) in [5, 5.41) is 19.6. The average Bonchev–Trinajstić information content (AvgIpc) is 3.67. The number of imidazole rings is 1. The molecule has 4 aromatic heterocycles. The van der Waals surface area contributed by atoms with Crippen molar-refractivity contribution in [3.05, 3.63) is 92.1 Å². The van der Waals surface area contributed by atoms with Crippen molar-refractivity contribution in [3.63, 3.8) is 0 Å². The Morgan fingerprint density at radius 3 is 2.65 bits per heavy atom. The van der Waals surface area contributed by atoms with Gasteiger partial charge in [0.25, 0.3) is 11.5 Å². The van der Waals surface area contributed by atoms with E-state index in [0.717, 1.165) is 45.4 Å². The first-order chi connectivity index (χ1) is 32.4. The fraction of sp³-hybridized carbons (Fsp3) is 0.479. The van der Waals surface area contributed by atoms with Crippen molar-refractivity contribution in [1.29, 1.82) is 0 Å². The van der Waals surface area contributed by atoms with Crippen LogP contribution < -0.4 is 33.0 Å². The van der Waals surface area contributed by atoms with Gasteiger partial charge in [0, 0.05) is 60.1 Å². The molecule has 20 heteroatoms. The number of aliphatic carboxylic acids is 1. The van der Waals surface area contributed by atoms with Gasteiger partial charge in [0.15, 0.2) is 30.1 Å². The van der Waals surface area contributed by atoms with Crippen LogP contribution in [0.1, 0.15) is 84.7 Å². The number of para-hydroxylation sites is 1. The summed E-state index contributed by atoms with van der Waals surface area (Å²) in [5.41, 5.74) is 20.1. The number of allylic oxidation sites excluding steroid dienone is 1. The van der Waals surface area contributed by atoms with Crippen molar-refractivity contribution in [2.45, 2.75) is 105 Å². The fourth-order valence-corrected chi connectivity index (χ4v) is 8.83. The lowest BCUT2D eigenvalue weighted by Crippen LogP contribution is -2.47. The molecule has 4 atom stereocenters. The second-order valence-electron chi connectivity index (χ2n) is 18.8. The molecule has 68 heavy (non-hydrogen) atoms. The molecule has 1 aromatic carbocycles. The molecule has 2 amide bonds. The van der Waals surface area contributed by atoms with Crippen LogP contribution in [0, 0.1) is 21.7 Å². The van der Waals surface area contributed by atoms with Crippen LogP contribution in [0.3, 0.4) is 0 Å². The molecule has 5 heterocycles. The number of carboxylic acids is 1. The standard InChI is InChI=1S/C48H59N13O7/c1-6-30-22-36-57-38-40(33-10-7-8-11-34(33)55-41(38)49)61(36)27-48(30,5)25-53-37(62)18-13-28(2)68-21-19-47(3,4)26-60(67)20-9-12-35(45(65)66)56-43(63)29-14-16-31(17-15-29)51-23-32-24-52-42-39(54-32)44(64)59-46(50)58-42/h7-8,10-11,14,16,24,28,30,35H,6,9,12-13,18-23,25-27H2,1-5H3,(H8-,49,50,51,52,53,55,56,58,59,62,63,64,65,66)/p+1.